The van der Waals surface area contributed by atoms with Crippen molar-refractivity contribution in [3.05, 3.63) is 34.1 Å². The minimum absolute atomic E-state index is 0.00234. The highest BCUT2D eigenvalue weighted by Crippen LogP contribution is 2.38. The summed E-state index contributed by atoms with van der Waals surface area (Å²) in [4.78, 5) is 0. The van der Waals surface area contributed by atoms with Crippen LogP contribution in [0, 0.1) is 11.2 Å². The van der Waals surface area contributed by atoms with Crippen LogP contribution in [0.2, 0.25) is 0 Å². The van der Waals surface area contributed by atoms with Gasteiger partial charge in [0.05, 0.1) is 6.10 Å². The highest BCUT2D eigenvalue weighted by Gasteiger charge is 2.41. The third kappa shape index (κ3) is 3.36. The highest BCUT2D eigenvalue weighted by molar-refractivity contribution is 9.10. The van der Waals surface area contributed by atoms with Crippen molar-refractivity contribution in [2.24, 2.45) is 5.41 Å². The van der Waals surface area contributed by atoms with Crippen LogP contribution in [0.1, 0.15) is 25.8 Å². The Morgan fingerprint density at radius 2 is 2.32 bits per heavy atom. The smallest absolute Gasteiger partial charge is 0.126 e. The van der Waals surface area contributed by atoms with Crippen molar-refractivity contribution < 1.29 is 9.13 Å². The average Bonchev–Trinajstić information content (AvgIpc) is 2.73. The standard InChI is InChI=1S/C15H21BrFNO/c1-3-18-10-15(6-7-19-11(15)2)9-12-8-13(16)4-5-14(12)17/h4-5,8,11,18H,3,6-7,9-10H2,1-2H3. The third-order valence-corrected chi connectivity index (χ3v) is 4.60. The first-order chi connectivity index (χ1) is 9.07. The van der Waals surface area contributed by atoms with Gasteiger partial charge in [0, 0.05) is 23.0 Å². The molecule has 2 nitrogen and oxygen atoms in total. The fourth-order valence-electron chi connectivity index (χ4n) is 2.78. The Kier molecular flexibility index (Phi) is 4.98. The van der Waals surface area contributed by atoms with Crippen molar-refractivity contribution >= 4 is 15.9 Å². The first-order valence-electron chi connectivity index (χ1n) is 6.83. The molecule has 0 spiro atoms. The summed E-state index contributed by atoms with van der Waals surface area (Å²) < 4.78 is 20.6. The lowest BCUT2D eigenvalue weighted by Crippen LogP contribution is -2.41. The zero-order chi connectivity index (χ0) is 13.9. The first kappa shape index (κ1) is 14.9. The maximum absolute atomic E-state index is 14.0. The molecule has 1 aromatic rings. The van der Waals surface area contributed by atoms with Crippen LogP contribution < -0.4 is 5.32 Å². The van der Waals surface area contributed by atoms with Crippen LogP contribution in [-0.4, -0.2) is 25.8 Å². The third-order valence-electron chi connectivity index (χ3n) is 4.11. The molecule has 19 heavy (non-hydrogen) atoms. The van der Waals surface area contributed by atoms with Crippen LogP contribution in [0.15, 0.2) is 22.7 Å². The average molecular weight is 330 g/mol. The van der Waals surface area contributed by atoms with Crippen molar-refractivity contribution in [3.63, 3.8) is 0 Å². The van der Waals surface area contributed by atoms with Crippen molar-refractivity contribution in [1.82, 2.24) is 5.32 Å². The van der Waals surface area contributed by atoms with E-state index >= 15 is 0 Å². The maximum Gasteiger partial charge on any atom is 0.126 e. The van der Waals surface area contributed by atoms with Gasteiger partial charge < -0.3 is 10.1 Å². The zero-order valence-corrected chi connectivity index (χ0v) is 13.1. The van der Waals surface area contributed by atoms with Crippen LogP contribution in [-0.2, 0) is 11.2 Å². The number of nitrogens with one attached hydrogen (secondary N) is 1. The quantitative estimate of drug-likeness (QED) is 0.892. The van der Waals surface area contributed by atoms with Crippen LogP contribution >= 0.6 is 15.9 Å². The Labute approximate surface area is 122 Å². The number of rotatable bonds is 5. The van der Waals surface area contributed by atoms with E-state index in [1.807, 2.05) is 6.07 Å². The summed E-state index contributed by atoms with van der Waals surface area (Å²) in [5.74, 6) is -0.127. The Hall–Kier alpha value is -0.450. The van der Waals surface area contributed by atoms with Crippen molar-refractivity contribution in [2.45, 2.75) is 32.8 Å². The van der Waals surface area contributed by atoms with Gasteiger partial charge in [-0.05, 0) is 50.1 Å². The molecule has 0 aliphatic carbocycles. The van der Waals surface area contributed by atoms with Crippen molar-refractivity contribution in [2.75, 3.05) is 19.7 Å². The number of halogens is 2. The van der Waals surface area contributed by atoms with E-state index in [0.29, 0.717) is 6.42 Å². The van der Waals surface area contributed by atoms with Crippen LogP contribution in [0.25, 0.3) is 0 Å². The van der Waals surface area contributed by atoms with Crippen LogP contribution in [0.4, 0.5) is 4.39 Å². The molecule has 0 saturated carbocycles. The Bertz CT molecular complexity index is 440. The molecule has 106 valence electrons. The van der Waals surface area contributed by atoms with Crippen molar-refractivity contribution in [3.8, 4) is 0 Å². The normalized spacial score (nSPS) is 26.8. The van der Waals surface area contributed by atoms with Crippen LogP contribution in [0.5, 0.6) is 0 Å². The van der Waals surface area contributed by atoms with E-state index < -0.39 is 0 Å². The predicted molar refractivity (Wildman–Crippen MR) is 78.8 cm³/mol. The minimum Gasteiger partial charge on any atom is -0.378 e. The summed E-state index contributed by atoms with van der Waals surface area (Å²) in [7, 11) is 0. The van der Waals surface area contributed by atoms with Gasteiger partial charge in [-0.1, -0.05) is 22.9 Å². The highest BCUT2D eigenvalue weighted by atomic mass is 79.9. The van der Waals surface area contributed by atoms with E-state index in [1.165, 1.54) is 6.07 Å². The molecule has 1 aromatic carbocycles. The maximum atomic E-state index is 14.0. The molecule has 2 unspecified atom stereocenters. The molecule has 1 saturated heterocycles. The molecule has 1 heterocycles. The summed E-state index contributed by atoms with van der Waals surface area (Å²) in [6.45, 7) is 6.75. The summed E-state index contributed by atoms with van der Waals surface area (Å²) in [5.41, 5.74) is 0.766. The number of hydrogen-bond donors (Lipinski definition) is 1. The molecule has 2 atom stereocenters. The predicted octanol–water partition coefficient (Wildman–Crippen LogP) is 3.54. The molecule has 1 aliphatic heterocycles. The van der Waals surface area contributed by atoms with Gasteiger partial charge in [-0.15, -0.1) is 0 Å². The van der Waals surface area contributed by atoms with E-state index in [2.05, 4.69) is 35.1 Å². The van der Waals surface area contributed by atoms with E-state index in [1.54, 1.807) is 6.07 Å². The lowest BCUT2D eigenvalue weighted by molar-refractivity contribution is 0.0629. The summed E-state index contributed by atoms with van der Waals surface area (Å²) in [5, 5.41) is 3.40. The molecule has 2 rings (SSSR count). The van der Waals surface area contributed by atoms with E-state index in [4.69, 9.17) is 4.74 Å². The Morgan fingerprint density at radius 3 is 2.95 bits per heavy atom. The summed E-state index contributed by atoms with van der Waals surface area (Å²) in [6.07, 6.45) is 1.85. The monoisotopic (exact) mass is 329 g/mol. The Balaban J connectivity index is 2.22. The van der Waals surface area contributed by atoms with Gasteiger partial charge in [0.1, 0.15) is 5.82 Å². The molecule has 0 amide bonds. The van der Waals surface area contributed by atoms with Gasteiger partial charge in [0.15, 0.2) is 0 Å². The van der Waals surface area contributed by atoms with E-state index in [-0.39, 0.29) is 17.3 Å². The van der Waals surface area contributed by atoms with Gasteiger partial charge in [-0.25, -0.2) is 4.39 Å². The van der Waals surface area contributed by atoms with Crippen molar-refractivity contribution in [1.29, 1.82) is 0 Å². The first-order valence-corrected chi connectivity index (χ1v) is 7.63. The summed E-state index contributed by atoms with van der Waals surface area (Å²) in [6, 6.07) is 5.15. The molecule has 4 heteroatoms. The molecule has 0 bridgehead atoms. The van der Waals surface area contributed by atoms with E-state index in [9.17, 15) is 4.39 Å². The van der Waals surface area contributed by atoms with E-state index in [0.717, 1.165) is 36.2 Å². The fourth-order valence-corrected chi connectivity index (χ4v) is 3.19. The van der Waals surface area contributed by atoms with Gasteiger partial charge in [0.25, 0.3) is 0 Å². The van der Waals surface area contributed by atoms with Gasteiger partial charge in [0.2, 0.25) is 0 Å². The number of ether oxygens (including phenoxy) is 1. The fraction of sp³-hybridized carbons (Fsp3) is 0.600. The molecule has 1 N–H and O–H groups in total. The molecular formula is C15H21BrFNO. The number of hydrogen-bond acceptors (Lipinski definition) is 2. The second-order valence-corrected chi connectivity index (χ2v) is 6.23. The second-order valence-electron chi connectivity index (χ2n) is 5.32. The van der Waals surface area contributed by atoms with Gasteiger partial charge in [-0.2, -0.15) is 0 Å². The zero-order valence-electron chi connectivity index (χ0n) is 11.5. The number of benzene rings is 1. The molecule has 1 fully saturated rings. The SMILES string of the molecule is CCNCC1(Cc2cc(Br)ccc2F)CCOC1C. The van der Waals surface area contributed by atoms with Gasteiger partial charge >= 0.3 is 0 Å². The second kappa shape index (κ2) is 6.33. The molecular weight excluding hydrogens is 309 g/mol. The molecule has 1 aliphatic rings. The summed E-state index contributed by atoms with van der Waals surface area (Å²) >= 11 is 3.42. The lowest BCUT2D eigenvalue weighted by atomic mass is 9.76. The van der Waals surface area contributed by atoms with Crippen LogP contribution in [0.3, 0.4) is 0 Å². The minimum atomic E-state index is -0.127. The molecule has 0 radical (unpaired) electrons. The largest absolute Gasteiger partial charge is 0.378 e. The topological polar surface area (TPSA) is 21.3 Å². The molecule has 0 aromatic heterocycles. The Morgan fingerprint density at radius 1 is 1.53 bits per heavy atom. The van der Waals surface area contributed by atoms with Gasteiger partial charge in [-0.3, -0.25) is 0 Å². The lowest BCUT2D eigenvalue weighted by Gasteiger charge is -2.33.